The highest BCUT2D eigenvalue weighted by atomic mass is 32.2. The molecule has 0 radical (unpaired) electrons. The molecule has 8 heteroatoms. The predicted octanol–water partition coefficient (Wildman–Crippen LogP) is 4.41. The second-order valence-electron chi connectivity index (χ2n) is 7.98. The highest BCUT2D eigenvalue weighted by Crippen LogP contribution is 2.59. The summed E-state index contributed by atoms with van der Waals surface area (Å²) in [6.45, 7) is 1.88. The molecule has 1 aliphatic rings. The second kappa shape index (κ2) is 10.0. The summed E-state index contributed by atoms with van der Waals surface area (Å²) >= 11 is 1.51. The van der Waals surface area contributed by atoms with Crippen LogP contribution in [0.4, 0.5) is 0 Å². The first-order valence-corrected chi connectivity index (χ1v) is 11.6. The van der Waals surface area contributed by atoms with Gasteiger partial charge in [0.1, 0.15) is 11.7 Å². The number of thioether (sulfide) groups is 1. The summed E-state index contributed by atoms with van der Waals surface area (Å²) in [6.07, 6.45) is 1.91. The van der Waals surface area contributed by atoms with Crippen LogP contribution in [0.5, 0.6) is 0 Å². The van der Waals surface area contributed by atoms with Crippen LogP contribution < -0.4 is 0 Å². The van der Waals surface area contributed by atoms with E-state index in [-0.39, 0.29) is 5.57 Å². The molecule has 7 nitrogen and oxygen atoms in total. The summed E-state index contributed by atoms with van der Waals surface area (Å²) < 4.78 is 9.87. The minimum Gasteiger partial charge on any atom is -0.511 e. The zero-order chi connectivity index (χ0) is 25.0. The second-order valence-corrected chi connectivity index (χ2v) is 8.86. The minimum absolute atomic E-state index is 0.304. The summed E-state index contributed by atoms with van der Waals surface area (Å²) in [5.74, 6) is -6.11. The van der Waals surface area contributed by atoms with Gasteiger partial charge in [0, 0.05) is 10.8 Å². The topological polar surface area (TPSA) is 120 Å². The van der Waals surface area contributed by atoms with Crippen molar-refractivity contribution in [3.05, 3.63) is 76.6 Å². The molecule has 3 atom stereocenters. The fourth-order valence-electron chi connectivity index (χ4n) is 4.60. The van der Waals surface area contributed by atoms with Gasteiger partial charge in [-0.15, -0.1) is 11.8 Å². The minimum atomic E-state index is -1.94. The Morgan fingerprint density at radius 1 is 0.971 bits per heavy atom. The summed E-state index contributed by atoms with van der Waals surface area (Å²) in [6, 6.07) is 18.3. The maximum Gasteiger partial charge on any atom is 0.337 e. The molecular weight excluding hydrogens is 452 g/mol. The highest BCUT2D eigenvalue weighted by Gasteiger charge is 2.61. The Bertz CT molecular complexity index is 1190. The number of hydrogen-bond acceptors (Lipinski definition) is 8. The van der Waals surface area contributed by atoms with E-state index >= 15 is 0 Å². The number of carbonyl (C=O) groups is 2. The van der Waals surface area contributed by atoms with Gasteiger partial charge in [0.25, 0.3) is 0 Å². The van der Waals surface area contributed by atoms with Crippen LogP contribution in [0.25, 0.3) is 0 Å². The van der Waals surface area contributed by atoms with Gasteiger partial charge in [-0.25, -0.2) is 4.79 Å². The van der Waals surface area contributed by atoms with Gasteiger partial charge in [0.2, 0.25) is 0 Å². The quantitative estimate of drug-likeness (QED) is 0.498. The molecule has 2 aromatic rings. The van der Waals surface area contributed by atoms with Crippen molar-refractivity contribution in [1.82, 2.24) is 0 Å². The predicted molar refractivity (Wildman–Crippen MR) is 126 cm³/mol. The molecule has 0 heterocycles. The lowest BCUT2D eigenvalue weighted by Crippen LogP contribution is -2.47. The van der Waals surface area contributed by atoms with Crippen LogP contribution in [0, 0.1) is 40.9 Å². The molecular formula is C26H24N2O5S. The number of aryl methyl sites for hydroxylation is 1. The van der Waals surface area contributed by atoms with Crippen molar-refractivity contribution in [2.45, 2.75) is 23.7 Å². The molecule has 0 spiro atoms. The van der Waals surface area contributed by atoms with Crippen molar-refractivity contribution in [2.24, 2.45) is 11.3 Å². The zero-order valence-corrected chi connectivity index (χ0v) is 20.1. The van der Waals surface area contributed by atoms with Crippen LogP contribution in [0.15, 0.2) is 64.8 Å². The fourth-order valence-corrected chi connectivity index (χ4v) is 5.01. The Hall–Kier alpha value is -3.75. The van der Waals surface area contributed by atoms with Gasteiger partial charge in [-0.3, -0.25) is 4.79 Å². The van der Waals surface area contributed by atoms with E-state index in [1.807, 2.05) is 13.2 Å². The zero-order valence-electron chi connectivity index (χ0n) is 19.2. The van der Waals surface area contributed by atoms with Gasteiger partial charge in [-0.1, -0.05) is 42.0 Å². The van der Waals surface area contributed by atoms with Gasteiger partial charge in [0.15, 0.2) is 5.41 Å². The van der Waals surface area contributed by atoms with E-state index in [0.29, 0.717) is 11.1 Å². The summed E-state index contributed by atoms with van der Waals surface area (Å²) in [5, 5.41) is 32.3. The summed E-state index contributed by atoms with van der Waals surface area (Å²) in [7, 11) is 2.28. The van der Waals surface area contributed by atoms with E-state index in [1.54, 1.807) is 48.5 Å². The van der Waals surface area contributed by atoms with Crippen molar-refractivity contribution >= 4 is 23.7 Å². The number of benzene rings is 2. The number of nitrogens with zero attached hydrogens (tertiary/aromatic N) is 2. The van der Waals surface area contributed by atoms with Crippen LogP contribution in [0.1, 0.15) is 28.5 Å². The van der Waals surface area contributed by atoms with Crippen LogP contribution in [-0.4, -0.2) is 37.5 Å². The van der Waals surface area contributed by atoms with E-state index in [2.05, 4.69) is 12.1 Å². The number of hydrogen-bond donors (Lipinski definition) is 1. The van der Waals surface area contributed by atoms with Gasteiger partial charge in [0.05, 0.1) is 37.8 Å². The fraction of sp³-hybridized carbons (Fsp3) is 0.308. The largest absolute Gasteiger partial charge is 0.511 e. The van der Waals surface area contributed by atoms with Gasteiger partial charge in [-0.05, 0) is 36.4 Å². The number of aliphatic hydroxyl groups excluding tert-OH is 1. The molecule has 174 valence electrons. The normalized spacial score (nSPS) is 21.2. The number of nitriles is 2. The molecule has 0 aliphatic heterocycles. The van der Waals surface area contributed by atoms with Gasteiger partial charge >= 0.3 is 11.9 Å². The third-order valence-corrected chi connectivity index (χ3v) is 7.00. The highest BCUT2D eigenvalue weighted by molar-refractivity contribution is 7.98. The van der Waals surface area contributed by atoms with E-state index < -0.39 is 40.9 Å². The summed E-state index contributed by atoms with van der Waals surface area (Å²) in [4.78, 5) is 26.8. The van der Waals surface area contributed by atoms with E-state index in [4.69, 9.17) is 9.47 Å². The van der Waals surface area contributed by atoms with Crippen molar-refractivity contribution < 1.29 is 24.2 Å². The molecule has 0 saturated heterocycles. The molecule has 3 rings (SSSR count). The smallest absolute Gasteiger partial charge is 0.337 e. The molecule has 1 N–H and O–H groups in total. The first-order valence-electron chi connectivity index (χ1n) is 10.4. The lowest BCUT2D eigenvalue weighted by Gasteiger charge is -2.44. The Balaban J connectivity index is 2.45. The maximum absolute atomic E-state index is 12.9. The molecule has 0 amide bonds. The molecule has 1 aliphatic carbocycles. The Labute approximate surface area is 202 Å². The number of ether oxygens (including phenoxy) is 2. The number of carbonyl (C=O) groups excluding carboxylic acids is 2. The molecule has 0 aromatic heterocycles. The third kappa shape index (κ3) is 4.02. The van der Waals surface area contributed by atoms with E-state index in [1.165, 1.54) is 11.8 Å². The van der Waals surface area contributed by atoms with Crippen molar-refractivity contribution in [3.63, 3.8) is 0 Å². The third-order valence-electron chi connectivity index (χ3n) is 6.25. The Morgan fingerprint density at radius 2 is 1.53 bits per heavy atom. The van der Waals surface area contributed by atoms with Crippen molar-refractivity contribution in [3.8, 4) is 12.1 Å². The lowest BCUT2D eigenvalue weighted by atomic mass is 9.54. The number of rotatable bonds is 5. The molecule has 0 bridgehead atoms. The first kappa shape index (κ1) is 24.9. The van der Waals surface area contributed by atoms with E-state index in [0.717, 1.165) is 24.7 Å². The van der Waals surface area contributed by atoms with Crippen LogP contribution >= 0.6 is 11.8 Å². The number of methoxy groups -OCH3 is 2. The summed E-state index contributed by atoms with van der Waals surface area (Å²) in [5.41, 5.74) is -0.349. The first-order chi connectivity index (χ1) is 16.3. The van der Waals surface area contributed by atoms with Gasteiger partial charge < -0.3 is 14.6 Å². The number of aliphatic hydroxyl groups is 1. The molecule has 34 heavy (non-hydrogen) atoms. The van der Waals surface area contributed by atoms with Crippen molar-refractivity contribution in [1.29, 1.82) is 10.5 Å². The molecule has 0 fully saturated rings. The average molecular weight is 477 g/mol. The number of esters is 2. The van der Waals surface area contributed by atoms with E-state index in [9.17, 15) is 25.2 Å². The van der Waals surface area contributed by atoms with Crippen LogP contribution in [0.2, 0.25) is 0 Å². The van der Waals surface area contributed by atoms with Crippen LogP contribution in [0.3, 0.4) is 0 Å². The van der Waals surface area contributed by atoms with Crippen LogP contribution in [-0.2, 0) is 19.1 Å². The lowest BCUT2D eigenvalue weighted by molar-refractivity contribution is -0.147. The maximum atomic E-state index is 12.9. The van der Waals surface area contributed by atoms with Crippen molar-refractivity contribution in [2.75, 3.05) is 20.5 Å². The molecule has 0 unspecified atom stereocenters. The monoisotopic (exact) mass is 476 g/mol. The van der Waals surface area contributed by atoms with Gasteiger partial charge in [-0.2, -0.15) is 10.5 Å². The molecule has 0 saturated carbocycles. The SMILES string of the molecule is COC(=O)C1=C(O)[C@H](C(=O)OC)[C@@H](c2ccc(C)cc2)C(C#N)(C#N)[C@@H]1c1ccc(SC)cc1. The Morgan fingerprint density at radius 3 is 2.00 bits per heavy atom. The standard InChI is InChI=1S/C26H24N2O5S/c1-15-5-7-16(8-6-15)21-19(24(30)32-2)23(29)20(25(31)33-3)22(26(21,13-27)14-28)17-9-11-18(34-4)12-10-17/h5-12,19,21-22,29H,1-4H3/t19-,21-,22-/m1/s1. The Kier molecular flexibility index (Phi) is 7.34. The average Bonchev–Trinajstić information content (AvgIpc) is 2.87. The molecule has 2 aromatic carbocycles.